The second-order valence-electron chi connectivity index (χ2n) is 0. The van der Waals surface area contributed by atoms with Gasteiger partial charge in [0.05, 0.1) is 0 Å². The van der Waals surface area contributed by atoms with Crippen molar-refractivity contribution in [3.63, 3.8) is 0 Å². The maximum atomic E-state index is 0. The van der Waals surface area contributed by atoms with Crippen LogP contribution < -0.4 is 0 Å². The predicted octanol–water partition coefficient (Wildman–Crippen LogP) is -2.41. The zero-order valence-electron chi connectivity index (χ0n) is 2.08. The fourth-order valence-electron chi connectivity index (χ4n) is 0. The first-order valence-corrected chi connectivity index (χ1v) is 0. The van der Waals surface area contributed by atoms with E-state index >= 15 is 0 Å². The Kier molecular flexibility index (Phi) is 101000. The fraction of sp³-hybridized carbons (Fsp3) is 0. The largest absolute Gasteiger partial charge is 0.412 e. The van der Waals surface area contributed by atoms with Gasteiger partial charge in [-0.3, -0.25) is 0 Å². The lowest BCUT2D eigenvalue weighted by Gasteiger charge is -0.413. The van der Waals surface area contributed by atoms with Crippen LogP contribution in [0.5, 0.6) is 0 Å². The van der Waals surface area contributed by atoms with Gasteiger partial charge in [-0.25, -0.2) is 0 Å². The van der Waals surface area contributed by atoms with Crippen molar-refractivity contribution in [1.29, 1.82) is 0 Å². The highest BCUT2D eigenvalue weighted by molar-refractivity contribution is 5.76. The van der Waals surface area contributed by atoms with Crippen molar-refractivity contribution in [3.05, 3.63) is 0 Å². The van der Waals surface area contributed by atoms with Gasteiger partial charge in [-0.1, -0.05) is 0 Å². The van der Waals surface area contributed by atoms with Crippen molar-refractivity contribution in [1.82, 2.24) is 0 Å². The molecule has 0 rings (SSSR count). The van der Waals surface area contributed by atoms with Gasteiger partial charge in [0.25, 0.3) is 0 Å². The zero-order chi connectivity index (χ0) is 0. The molecule has 0 bridgehead atoms. The molecule has 4 heavy (non-hydrogen) atoms. The summed E-state index contributed by atoms with van der Waals surface area (Å²) < 4.78 is 0. The summed E-state index contributed by atoms with van der Waals surface area (Å²) in [4.78, 5) is 0. The Bertz CT molecular complexity index is 6.00. The van der Waals surface area contributed by atoms with E-state index in [1.54, 1.807) is 0 Å². The van der Waals surface area contributed by atoms with E-state index in [1.807, 2.05) is 0 Å². The molecule has 7 radical (unpaired) electrons. The lowest BCUT2D eigenvalue weighted by Crippen LogP contribution is -0.382. The van der Waals surface area contributed by atoms with E-state index in [1.165, 1.54) is 0 Å². The van der Waals surface area contributed by atoms with Crippen molar-refractivity contribution in [3.8, 4) is 0 Å². The van der Waals surface area contributed by atoms with Crippen LogP contribution in [-0.2, 0) is 0 Å². The summed E-state index contributed by atoms with van der Waals surface area (Å²) in [5, 5.41) is 0. The zero-order valence-corrected chi connectivity index (χ0v) is 3.08. The summed E-state index contributed by atoms with van der Waals surface area (Å²) in [5.41, 5.74) is 0. The minimum absolute atomic E-state index is 0. The van der Waals surface area contributed by atoms with E-state index < -0.39 is 0 Å². The van der Waals surface area contributed by atoms with E-state index in [2.05, 4.69) is 0 Å². The molecule has 0 spiro atoms. The number of rotatable bonds is 0. The maximum absolute atomic E-state index is 0. The summed E-state index contributed by atoms with van der Waals surface area (Å²) in [6.07, 6.45) is 0. The number of hydrogen-bond donors (Lipinski definition) is 0. The van der Waals surface area contributed by atoms with Crippen LogP contribution in [0.2, 0.25) is 0 Å². The van der Waals surface area contributed by atoms with Crippen LogP contribution in [0.15, 0.2) is 0 Å². The number of hydrogen-bond acceptors (Lipinski definition) is 0. The third kappa shape index (κ3) is 78.1. The van der Waals surface area contributed by atoms with Gasteiger partial charge in [-0.15, -0.1) is 0 Å². The molecule has 0 aliphatic carbocycles. The molecule has 0 fully saturated rings. The van der Waals surface area contributed by atoms with Crippen molar-refractivity contribution >= 4 is 19.4 Å². The molecule has 0 aromatic carbocycles. The minimum Gasteiger partial charge on any atom is -0.412 e. The molecule has 0 amide bonds. The summed E-state index contributed by atoms with van der Waals surface area (Å²) >= 11 is 0. The average Bonchev–Trinajstić information content (AvgIpc) is 0. The van der Waals surface area contributed by atoms with Crippen LogP contribution in [0.25, 0.3) is 0 Å². The Balaban J connectivity index is 0. The molecule has 0 atom stereocenters. The lowest BCUT2D eigenvalue weighted by molar-refractivity contribution is 0.823. The Morgan fingerprint density at radius 2 is 0.750 bits per heavy atom. The predicted molar refractivity (Wildman–Crippen MR) is 18.7 cm³/mol. The van der Waals surface area contributed by atoms with Crippen molar-refractivity contribution in [2.75, 3.05) is 0 Å². The van der Waals surface area contributed by atoms with Gasteiger partial charge in [-0.2, -0.15) is 0 Å². The van der Waals surface area contributed by atoms with Crippen LogP contribution in [0.3, 0.4) is 0 Å². The molecule has 0 aliphatic heterocycles. The highest BCUT2D eigenvalue weighted by Crippen LogP contribution is -0.288. The normalized spacial score (nSPS) is 0. The summed E-state index contributed by atoms with van der Waals surface area (Å²) in [5.74, 6) is 0. The summed E-state index contributed by atoms with van der Waals surface area (Å²) in [6.45, 7) is 0. The highest BCUT2D eigenvalue weighted by Gasteiger charge is 0.00101. The smallest absolute Gasteiger partial charge is 0 e. The van der Waals surface area contributed by atoms with E-state index in [0.717, 1.165) is 0 Å². The Morgan fingerprint density at radius 1 is 0.750 bits per heavy atom. The third-order valence-corrected chi connectivity index (χ3v) is 0. The molecular weight excluding hydrogens is 70.9 g/mol. The first-order valence-electron chi connectivity index (χ1n) is 0. The Morgan fingerprint density at radius 3 is 0.750 bits per heavy atom. The van der Waals surface area contributed by atoms with Crippen LogP contribution in [0, 0.1) is 0 Å². The van der Waals surface area contributed by atoms with Crippen LogP contribution in [0.4, 0.5) is 0 Å². The van der Waals surface area contributed by atoms with Crippen LogP contribution in [-0.4, -0.2) is 30.3 Å². The van der Waals surface area contributed by atoms with E-state index in [0.29, 0.717) is 0 Å². The molecule has 0 heterocycles. The Hall–Kier alpha value is 0.202. The van der Waals surface area contributed by atoms with Crippen molar-refractivity contribution < 1.29 is 11.0 Å². The highest BCUT2D eigenvalue weighted by atomic mass is 28.1. The quantitative estimate of drug-likeness (QED) is 0.288. The van der Waals surface area contributed by atoms with E-state index in [9.17, 15) is 0 Å². The molecule has 4 N–H and O–H groups in total. The molecule has 0 saturated heterocycles. The average molecular weight is 74.9 g/mol. The summed E-state index contributed by atoms with van der Waals surface area (Å²) in [7, 11) is 0. The second kappa shape index (κ2) is 381. The molecule has 0 aliphatic rings. The van der Waals surface area contributed by atoms with Gasteiger partial charge in [0.1, 0.15) is 0 Å². The molecule has 23 valence electrons. The molecule has 2 nitrogen and oxygen atoms in total. The van der Waals surface area contributed by atoms with E-state index in [4.69, 9.17) is 0 Å². The van der Waals surface area contributed by atoms with E-state index in [-0.39, 0.29) is 30.3 Å². The van der Waals surface area contributed by atoms with Crippen LogP contribution >= 0.6 is 0 Å². The minimum atomic E-state index is 0. The maximum Gasteiger partial charge on any atom is 0 e. The molecule has 0 aromatic heterocycles. The van der Waals surface area contributed by atoms with Gasteiger partial charge < -0.3 is 11.0 Å². The lowest BCUT2D eigenvalue weighted by atomic mass is 10.8. The van der Waals surface area contributed by atoms with Gasteiger partial charge >= 0.3 is 0 Å². The summed E-state index contributed by atoms with van der Waals surface area (Å²) in [6, 6.07) is 0. The first kappa shape index (κ1) is 1060. The third-order valence-electron chi connectivity index (χ3n) is 0. The van der Waals surface area contributed by atoms with Crippen molar-refractivity contribution in [2.24, 2.45) is 0 Å². The Labute approximate surface area is 31.4 Å². The fourth-order valence-corrected chi connectivity index (χ4v) is 0. The van der Waals surface area contributed by atoms with Gasteiger partial charge in [-0.05, 0) is 0 Å². The van der Waals surface area contributed by atoms with Gasteiger partial charge in [0.15, 0.2) is 0 Å². The van der Waals surface area contributed by atoms with Crippen LogP contribution in [0.1, 0.15) is 0 Å². The molecule has 0 unspecified atom stereocenters. The second-order valence-corrected chi connectivity index (χ2v) is 0. The monoisotopic (exact) mass is 75.0 g/mol. The standard InChI is InChI=1S/B.2H2O.Si/h;2*1H2;. The molecule has 0 aromatic rings. The first-order chi connectivity index (χ1) is 0. The molecule has 4 heteroatoms. The van der Waals surface area contributed by atoms with Gasteiger partial charge in [0, 0.05) is 19.4 Å². The molecule has 0 saturated carbocycles. The SMILES string of the molecule is O.O.[B].[Si]. The van der Waals surface area contributed by atoms with Gasteiger partial charge in [0.2, 0.25) is 0 Å². The molecular formula is H4BO2Si. The topological polar surface area (TPSA) is 63.0 Å². The van der Waals surface area contributed by atoms with Crippen molar-refractivity contribution in [2.45, 2.75) is 0 Å².